The maximum atomic E-state index is 3.02. The predicted molar refractivity (Wildman–Crippen MR) is 27.4 cm³/mol. The van der Waals surface area contributed by atoms with Gasteiger partial charge in [-0.2, -0.15) is 0 Å². The summed E-state index contributed by atoms with van der Waals surface area (Å²) in [6.07, 6.45) is 8.00. The van der Waals surface area contributed by atoms with Gasteiger partial charge >= 0.3 is 51.4 Å². The van der Waals surface area contributed by atoms with E-state index in [4.69, 9.17) is 0 Å². The monoisotopic (exact) mass is 121 g/mol. The van der Waals surface area contributed by atoms with Gasteiger partial charge in [0.2, 0.25) is 0 Å². The first-order chi connectivity index (χ1) is 3.00. The van der Waals surface area contributed by atoms with Crippen LogP contribution in [0.1, 0.15) is 1.43 Å². The van der Waals surface area contributed by atoms with Crippen LogP contribution in [0.3, 0.4) is 0 Å². The molecule has 1 N–H and O–H groups in total. The minimum Gasteiger partial charge on any atom is -1.00 e. The number of hydrogen-bond acceptors (Lipinski definition) is 1. The number of hydrogen-bond donors (Lipinski definition) is 1. The molecule has 1 aliphatic rings. The third-order valence-electron chi connectivity index (χ3n) is 0.697. The van der Waals surface area contributed by atoms with Gasteiger partial charge in [-0.3, -0.25) is 0 Å². The molecule has 0 aromatic carbocycles. The fourth-order valence-corrected chi connectivity index (χ4v) is 0.406. The van der Waals surface area contributed by atoms with Crippen LogP contribution in [0.25, 0.3) is 0 Å². The zero-order valence-electron chi connectivity index (χ0n) is 5.52. The van der Waals surface area contributed by atoms with E-state index in [0.29, 0.717) is 0 Å². The van der Waals surface area contributed by atoms with Gasteiger partial charge in [-0.1, -0.05) is 12.2 Å². The standard InChI is InChI=1S/C5H7N.K.H/c1-2-4-6-5-3-1;;/h1-4,6H,5H2;;/q;+1;-1. The molecule has 0 unspecified atom stereocenters. The summed E-state index contributed by atoms with van der Waals surface area (Å²) in [5.74, 6) is 0. The van der Waals surface area contributed by atoms with Gasteiger partial charge in [0.1, 0.15) is 0 Å². The number of allylic oxidation sites excluding steroid dienone is 2. The normalized spacial score (nSPS) is 14.9. The minimum atomic E-state index is 0. The van der Waals surface area contributed by atoms with Gasteiger partial charge in [-0.25, -0.2) is 0 Å². The summed E-state index contributed by atoms with van der Waals surface area (Å²) in [5, 5.41) is 3.02. The molecule has 0 fully saturated rings. The van der Waals surface area contributed by atoms with Gasteiger partial charge in [0, 0.05) is 6.54 Å². The van der Waals surface area contributed by atoms with Gasteiger partial charge in [-0.15, -0.1) is 0 Å². The molecule has 1 rings (SSSR count). The molecular weight excluding hydrogens is 113 g/mol. The second kappa shape index (κ2) is 5.06. The van der Waals surface area contributed by atoms with Crippen molar-refractivity contribution in [1.82, 2.24) is 5.32 Å². The smallest absolute Gasteiger partial charge is 1.00 e. The van der Waals surface area contributed by atoms with Crippen LogP contribution in [0.15, 0.2) is 24.4 Å². The molecule has 0 radical (unpaired) electrons. The molecule has 0 aliphatic carbocycles. The average molecular weight is 121 g/mol. The Balaban J connectivity index is 0. The maximum absolute atomic E-state index is 3.02. The minimum absolute atomic E-state index is 0. The van der Waals surface area contributed by atoms with E-state index in [-0.39, 0.29) is 52.8 Å². The van der Waals surface area contributed by atoms with E-state index in [2.05, 4.69) is 11.4 Å². The largest absolute Gasteiger partial charge is 1.00 e. The molecule has 0 aromatic heterocycles. The Labute approximate surface area is 87.8 Å². The van der Waals surface area contributed by atoms with E-state index in [1.807, 2.05) is 18.4 Å². The molecule has 7 heavy (non-hydrogen) atoms. The molecule has 1 heterocycles. The SMILES string of the molecule is C1=CCNC=C1.[H-].[K+]. The number of nitrogens with one attached hydrogen (secondary N) is 1. The van der Waals surface area contributed by atoms with E-state index in [1.165, 1.54) is 0 Å². The summed E-state index contributed by atoms with van der Waals surface area (Å²) < 4.78 is 0. The van der Waals surface area contributed by atoms with Crippen molar-refractivity contribution in [1.29, 1.82) is 0 Å². The first-order valence-electron chi connectivity index (χ1n) is 2.05. The van der Waals surface area contributed by atoms with Crippen molar-refractivity contribution in [3.63, 3.8) is 0 Å². The van der Waals surface area contributed by atoms with Crippen LogP contribution in [0.5, 0.6) is 0 Å². The summed E-state index contributed by atoms with van der Waals surface area (Å²) >= 11 is 0. The summed E-state index contributed by atoms with van der Waals surface area (Å²) in [6, 6.07) is 0. The van der Waals surface area contributed by atoms with Crippen molar-refractivity contribution in [3.8, 4) is 0 Å². The molecule has 0 saturated carbocycles. The maximum Gasteiger partial charge on any atom is 1.00 e. The van der Waals surface area contributed by atoms with Gasteiger partial charge in [0.25, 0.3) is 0 Å². The Morgan fingerprint density at radius 3 is 2.43 bits per heavy atom. The van der Waals surface area contributed by atoms with Crippen LogP contribution in [-0.4, -0.2) is 6.54 Å². The molecule has 0 amide bonds. The molecule has 34 valence electrons. The third-order valence-corrected chi connectivity index (χ3v) is 0.697. The predicted octanol–water partition coefficient (Wildman–Crippen LogP) is -2.22. The molecule has 0 bridgehead atoms. The van der Waals surface area contributed by atoms with Gasteiger partial charge in [0.05, 0.1) is 0 Å². The first kappa shape index (κ1) is 7.92. The fraction of sp³-hybridized carbons (Fsp3) is 0.200. The molecule has 2 heteroatoms. The molecular formula is C5H8KN. The Bertz CT molecular complexity index is 78.4. The Morgan fingerprint density at radius 2 is 2.29 bits per heavy atom. The van der Waals surface area contributed by atoms with Gasteiger partial charge < -0.3 is 6.74 Å². The van der Waals surface area contributed by atoms with Crippen LogP contribution in [0, 0.1) is 0 Å². The average Bonchev–Trinajstić information content (AvgIpc) is 1.72. The topological polar surface area (TPSA) is 12.0 Å². The van der Waals surface area contributed by atoms with Gasteiger partial charge in [-0.05, 0) is 12.3 Å². The summed E-state index contributed by atoms with van der Waals surface area (Å²) in [7, 11) is 0. The summed E-state index contributed by atoms with van der Waals surface area (Å²) in [6.45, 7) is 0.983. The number of rotatable bonds is 0. The van der Waals surface area contributed by atoms with E-state index in [1.54, 1.807) is 0 Å². The molecule has 1 nitrogen and oxygen atoms in total. The van der Waals surface area contributed by atoms with Crippen molar-refractivity contribution in [2.45, 2.75) is 0 Å². The zero-order chi connectivity index (χ0) is 4.24. The van der Waals surface area contributed by atoms with Crippen LogP contribution in [-0.2, 0) is 0 Å². The van der Waals surface area contributed by atoms with Crippen LogP contribution in [0.4, 0.5) is 0 Å². The van der Waals surface area contributed by atoms with Crippen LogP contribution < -0.4 is 56.7 Å². The second-order valence-corrected chi connectivity index (χ2v) is 1.20. The van der Waals surface area contributed by atoms with E-state index in [0.717, 1.165) is 6.54 Å². The second-order valence-electron chi connectivity index (χ2n) is 1.20. The summed E-state index contributed by atoms with van der Waals surface area (Å²) in [4.78, 5) is 0. The van der Waals surface area contributed by atoms with E-state index < -0.39 is 0 Å². The van der Waals surface area contributed by atoms with Crippen molar-refractivity contribution in [2.75, 3.05) is 6.54 Å². The van der Waals surface area contributed by atoms with Gasteiger partial charge in [0.15, 0.2) is 0 Å². The third kappa shape index (κ3) is 3.49. The summed E-state index contributed by atoms with van der Waals surface area (Å²) in [5.41, 5.74) is 0. The first-order valence-corrected chi connectivity index (χ1v) is 2.05. The van der Waals surface area contributed by atoms with Crippen LogP contribution >= 0.6 is 0 Å². The Kier molecular flexibility index (Phi) is 5.72. The molecule has 0 spiro atoms. The van der Waals surface area contributed by atoms with Crippen molar-refractivity contribution in [3.05, 3.63) is 24.4 Å². The fourth-order valence-electron chi connectivity index (χ4n) is 0.406. The Hall–Kier alpha value is 0.916. The molecule has 1 aliphatic heterocycles. The molecule has 0 aromatic rings. The van der Waals surface area contributed by atoms with Crippen LogP contribution in [0.2, 0.25) is 0 Å². The van der Waals surface area contributed by atoms with Crippen molar-refractivity contribution < 1.29 is 52.8 Å². The van der Waals surface area contributed by atoms with Crippen molar-refractivity contribution >= 4 is 0 Å². The number of dihydropyridines is 1. The molecule has 0 saturated heterocycles. The quantitative estimate of drug-likeness (QED) is 0.358. The van der Waals surface area contributed by atoms with E-state index >= 15 is 0 Å². The van der Waals surface area contributed by atoms with E-state index in [9.17, 15) is 0 Å². The molecule has 0 atom stereocenters. The Morgan fingerprint density at radius 1 is 1.43 bits per heavy atom. The van der Waals surface area contributed by atoms with Crippen molar-refractivity contribution in [2.24, 2.45) is 0 Å². The zero-order valence-corrected chi connectivity index (χ0v) is 7.64.